The lowest BCUT2D eigenvalue weighted by atomic mass is 9.92. The number of nitrogens with zero attached hydrogens (tertiary/aromatic N) is 6. The summed E-state index contributed by atoms with van der Waals surface area (Å²) in [4.78, 5) is 34.9. The largest absolute Gasteiger partial charge is 0.382 e. The summed E-state index contributed by atoms with van der Waals surface area (Å²) in [5, 5.41) is 15.9. The highest BCUT2D eigenvalue weighted by atomic mass is 35.5. The third kappa shape index (κ3) is 7.31. The number of thioether (sulfide) groups is 1. The maximum Gasteiger partial charge on any atom is 0.293 e. The Kier molecular flexibility index (Phi) is 9.49. The summed E-state index contributed by atoms with van der Waals surface area (Å²) in [6.07, 6.45) is 8.19. The zero-order chi connectivity index (χ0) is 29.7. The van der Waals surface area contributed by atoms with Gasteiger partial charge in [0.1, 0.15) is 29.9 Å². The zero-order valence-corrected chi connectivity index (χ0v) is 24.1. The number of aromatic nitrogens is 3. The Morgan fingerprint density at radius 2 is 1.69 bits per heavy atom. The van der Waals surface area contributed by atoms with E-state index in [-0.39, 0.29) is 36.3 Å². The van der Waals surface area contributed by atoms with E-state index in [1.165, 1.54) is 28.3 Å². The van der Waals surface area contributed by atoms with Crippen LogP contribution in [0.4, 0.5) is 13.6 Å². The van der Waals surface area contributed by atoms with Crippen LogP contribution in [0.1, 0.15) is 11.1 Å². The highest BCUT2D eigenvalue weighted by Crippen LogP contribution is 2.32. The van der Waals surface area contributed by atoms with Gasteiger partial charge in [-0.1, -0.05) is 42.0 Å². The van der Waals surface area contributed by atoms with Gasteiger partial charge in [-0.3, -0.25) is 24.3 Å². The van der Waals surface area contributed by atoms with Crippen LogP contribution in [-0.2, 0) is 16.9 Å². The van der Waals surface area contributed by atoms with E-state index in [1.54, 1.807) is 30.3 Å². The number of imide groups is 1. The Bertz CT molecular complexity index is 1480. The summed E-state index contributed by atoms with van der Waals surface area (Å²) in [7, 11) is 0. The molecule has 1 unspecified atom stereocenters. The lowest BCUT2D eigenvalue weighted by Gasteiger charge is -2.39. The molecule has 0 aliphatic carbocycles. The van der Waals surface area contributed by atoms with Crippen molar-refractivity contribution >= 4 is 40.6 Å². The average molecular weight is 615 g/mol. The van der Waals surface area contributed by atoms with Crippen molar-refractivity contribution in [3.05, 3.63) is 100.0 Å². The Morgan fingerprint density at radius 1 is 0.976 bits per heavy atom. The third-order valence-electron chi connectivity index (χ3n) is 7.13. The number of amides is 2. The van der Waals surface area contributed by atoms with E-state index in [0.717, 1.165) is 29.5 Å². The number of carbonyl (C=O) groups excluding carboxylic acids is 2. The van der Waals surface area contributed by atoms with Gasteiger partial charge in [-0.05, 0) is 41.6 Å². The molecule has 2 amide bonds. The lowest BCUT2D eigenvalue weighted by Crippen LogP contribution is -2.52. The van der Waals surface area contributed by atoms with E-state index >= 15 is 0 Å². The molecule has 1 N–H and O–H groups in total. The molecule has 0 radical (unpaired) electrons. The molecule has 220 valence electrons. The predicted octanol–water partition coefficient (Wildman–Crippen LogP) is 4.01. The van der Waals surface area contributed by atoms with Gasteiger partial charge in [0.25, 0.3) is 11.1 Å². The van der Waals surface area contributed by atoms with Gasteiger partial charge >= 0.3 is 0 Å². The lowest BCUT2D eigenvalue weighted by molar-refractivity contribution is -0.122. The molecule has 1 atom stereocenters. The van der Waals surface area contributed by atoms with Crippen LogP contribution >= 0.6 is 23.4 Å². The summed E-state index contributed by atoms with van der Waals surface area (Å²) in [6.45, 7) is 3.52. The van der Waals surface area contributed by atoms with Gasteiger partial charge in [-0.25, -0.2) is 18.4 Å². The molecule has 0 spiro atoms. The second-order valence-electron chi connectivity index (χ2n) is 10.1. The van der Waals surface area contributed by atoms with Crippen LogP contribution in [0.2, 0.25) is 5.02 Å². The van der Waals surface area contributed by atoms with E-state index in [1.807, 2.05) is 17.1 Å². The molecule has 3 aromatic rings. The quantitative estimate of drug-likeness (QED) is 0.271. The van der Waals surface area contributed by atoms with Crippen LogP contribution in [0.25, 0.3) is 6.08 Å². The summed E-state index contributed by atoms with van der Waals surface area (Å²) in [5.41, 5.74) is -0.861. The normalized spacial score (nSPS) is 19.3. The molecule has 3 heterocycles. The molecule has 2 fully saturated rings. The number of benzene rings is 2. The molecular weight excluding hydrogens is 586 g/mol. The molecule has 42 heavy (non-hydrogen) atoms. The molecular formula is C29H29ClF2N6O3S. The number of β-amino-alcohol motifs (C(OH)–C–C–N with tert-alkyl or cyclic N) is 1. The van der Waals surface area contributed by atoms with Crippen molar-refractivity contribution < 1.29 is 23.5 Å². The maximum atomic E-state index is 14.7. The molecule has 2 saturated heterocycles. The number of hydrogen-bond donors (Lipinski definition) is 1. The van der Waals surface area contributed by atoms with Crippen LogP contribution in [-0.4, -0.2) is 91.5 Å². The van der Waals surface area contributed by atoms with Gasteiger partial charge in [0.2, 0.25) is 0 Å². The first kappa shape index (κ1) is 30.1. The fourth-order valence-corrected chi connectivity index (χ4v) is 5.92. The maximum absolute atomic E-state index is 14.7. The zero-order valence-electron chi connectivity index (χ0n) is 22.6. The molecule has 0 saturated carbocycles. The predicted molar refractivity (Wildman–Crippen MR) is 156 cm³/mol. The fraction of sp³-hybridized carbons (Fsp3) is 0.310. The highest BCUT2D eigenvalue weighted by molar-refractivity contribution is 8.18. The molecule has 5 rings (SSSR count). The summed E-state index contributed by atoms with van der Waals surface area (Å²) in [6, 6.07) is 10.2. The van der Waals surface area contributed by atoms with Crippen LogP contribution < -0.4 is 0 Å². The first-order valence-electron chi connectivity index (χ1n) is 13.3. The second kappa shape index (κ2) is 13.3. The number of hydrogen-bond acceptors (Lipinski definition) is 8. The number of carbonyl (C=O) groups is 2. The van der Waals surface area contributed by atoms with Crippen molar-refractivity contribution in [1.29, 1.82) is 0 Å². The van der Waals surface area contributed by atoms with Crippen molar-refractivity contribution in [1.82, 2.24) is 29.5 Å². The van der Waals surface area contributed by atoms with E-state index < -0.39 is 17.2 Å². The van der Waals surface area contributed by atoms with E-state index in [0.29, 0.717) is 42.7 Å². The smallest absolute Gasteiger partial charge is 0.293 e. The molecule has 0 bridgehead atoms. The monoisotopic (exact) mass is 614 g/mol. The minimum Gasteiger partial charge on any atom is -0.382 e. The topological polar surface area (TPSA) is 94.8 Å². The average Bonchev–Trinajstić information content (AvgIpc) is 3.55. The van der Waals surface area contributed by atoms with Crippen LogP contribution in [0.3, 0.4) is 0 Å². The van der Waals surface area contributed by atoms with Crippen LogP contribution in [0.15, 0.2) is 72.2 Å². The number of piperazine rings is 1. The summed E-state index contributed by atoms with van der Waals surface area (Å²) < 4.78 is 29.7. The fourth-order valence-electron chi connectivity index (χ4n) is 4.94. The SMILES string of the molecule is O=C1SC(=Cc2ccc(Cl)cc2)C(=O)N1C/C=C/CN1CCN(CC(O)(Cn2cncn2)c2ccc(F)cc2F)CC1. The van der Waals surface area contributed by atoms with Gasteiger partial charge in [0.05, 0.1) is 11.4 Å². The van der Waals surface area contributed by atoms with Crippen LogP contribution in [0.5, 0.6) is 0 Å². The molecule has 2 aliphatic heterocycles. The van der Waals surface area contributed by atoms with Crippen molar-refractivity contribution in [2.45, 2.75) is 12.1 Å². The Morgan fingerprint density at radius 3 is 2.38 bits per heavy atom. The number of halogens is 3. The molecule has 13 heteroatoms. The Balaban J connectivity index is 1.13. The number of aliphatic hydroxyl groups is 1. The van der Waals surface area contributed by atoms with Crippen molar-refractivity contribution in [3.63, 3.8) is 0 Å². The third-order valence-corrected chi connectivity index (χ3v) is 8.29. The first-order chi connectivity index (χ1) is 20.2. The van der Waals surface area contributed by atoms with Gasteiger partial charge in [-0.2, -0.15) is 5.10 Å². The Hall–Kier alpha value is -3.42. The minimum atomic E-state index is -1.65. The highest BCUT2D eigenvalue weighted by Gasteiger charge is 2.37. The van der Waals surface area contributed by atoms with Gasteiger partial charge < -0.3 is 5.11 Å². The van der Waals surface area contributed by atoms with Crippen molar-refractivity contribution in [2.75, 3.05) is 45.8 Å². The van der Waals surface area contributed by atoms with Gasteiger partial charge in [-0.15, -0.1) is 0 Å². The van der Waals surface area contributed by atoms with Gasteiger partial charge in [0, 0.05) is 62.5 Å². The second-order valence-corrected chi connectivity index (χ2v) is 11.6. The number of rotatable bonds is 10. The molecule has 9 nitrogen and oxygen atoms in total. The molecule has 2 aromatic carbocycles. The van der Waals surface area contributed by atoms with E-state index in [9.17, 15) is 23.5 Å². The van der Waals surface area contributed by atoms with E-state index in [2.05, 4.69) is 15.0 Å². The molecule has 2 aliphatic rings. The first-order valence-corrected chi connectivity index (χ1v) is 14.5. The Labute approximate surface area is 251 Å². The van der Waals surface area contributed by atoms with Crippen molar-refractivity contribution in [3.8, 4) is 0 Å². The standard InChI is InChI=1S/C29H29ClF2N6O3S/c30-22-5-3-21(4-6-22)15-26-27(39)38(28(40)42-26)10-2-1-9-35-11-13-36(14-12-35)17-29(41,18-37-20-33-19-34-37)24-8-7-23(31)16-25(24)32/h1-8,15-16,19-20,41H,9-14,17-18H2/b2-1+,26-15?. The van der Waals surface area contributed by atoms with E-state index in [4.69, 9.17) is 11.6 Å². The minimum absolute atomic E-state index is 0.0000938. The summed E-state index contributed by atoms with van der Waals surface area (Å²) in [5.74, 6) is -1.86. The van der Waals surface area contributed by atoms with Crippen molar-refractivity contribution in [2.24, 2.45) is 0 Å². The van der Waals surface area contributed by atoms with Gasteiger partial charge in [0.15, 0.2) is 0 Å². The molecule has 1 aromatic heterocycles. The summed E-state index contributed by atoms with van der Waals surface area (Å²) >= 11 is 6.83. The van der Waals surface area contributed by atoms with Crippen LogP contribution in [0, 0.1) is 11.6 Å².